The average Bonchev–Trinajstić information content (AvgIpc) is 1.49. The molecule has 10 aliphatic rings. The Balaban J connectivity index is 0.849. The summed E-state index contributed by atoms with van der Waals surface area (Å²) >= 11 is 0. The molecule has 3 N–H and O–H groups in total. The first kappa shape index (κ1) is 57.6. The molecule has 4 saturated carbocycles. The van der Waals surface area contributed by atoms with Crippen LogP contribution in [0, 0.1) is 34.5 Å². The van der Waals surface area contributed by atoms with Crippen molar-refractivity contribution in [3.8, 4) is 0 Å². The fourth-order valence-corrected chi connectivity index (χ4v) is 16.2. The Morgan fingerprint density at radius 2 is 1.68 bits per heavy atom. The smallest absolute Gasteiger partial charge is 0.324 e. The quantitative estimate of drug-likeness (QED) is 0.175. The monoisotopic (exact) mass is 1120 g/mol. The second-order valence-corrected chi connectivity index (χ2v) is 27.3. The van der Waals surface area contributed by atoms with Gasteiger partial charge < -0.3 is 29.9 Å². The van der Waals surface area contributed by atoms with E-state index in [1.54, 1.807) is 12.1 Å². The highest BCUT2D eigenvalue weighted by atomic mass is 16.5. The molecule has 16 heteroatoms. The predicted octanol–water partition coefficient (Wildman–Crippen LogP) is 8.40. The van der Waals surface area contributed by atoms with Crippen molar-refractivity contribution in [3.05, 3.63) is 58.9 Å². The van der Waals surface area contributed by atoms with Crippen LogP contribution in [-0.2, 0) is 28.7 Å². The third kappa shape index (κ3) is 11.9. The van der Waals surface area contributed by atoms with Crippen LogP contribution >= 0.6 is 0 Å². The van der Waals surface area contributed by atoms with Gasteiger partial charge in [-0.25, -0.2) is 5.43 Å². The molecule has 2 aromatic rings. The zero-order chi connectivity index (χ0) is 56.9. The summed E-state index contributed by atoms with van der Waals surface area (Å²) in [7, 11) is 1.76. The van der Waals surface area contributed by atoms with Crippen LogP contribution in [0.15, 0.2) is 36.5 Å². The number of hydrogen-bond acceptors (Lipinski definition) is 13. The highest BCUT2D eigenvalue weighted by Crippen LogP contribution is 2.85. The van der Waals surface area contributed by atoms with Gasteiger partial charge in [0.25, 0.3) is 5.91 Å². The van der Waals surface area contributed by atoms with Crippen molar-refractivity contribution in [1.29, 1.82) is 0 Å². The Kier molecular flexibility index (Phi) is 17.0. The molecule has 1 aromatic heterocycles. The molecule has 0 radical (unpaired) electrons. The van der Waals surface area contributed by atoms with Crippen molar-refractivity contribution in [2.24, 2.45) is 34.5 Å². The number of ether oxygens (including phenoxy) is 2. The zero-order valence-corrected chi connectivity index (χ0v) is 50.5. The first-order valence-corrected chi connectivity index (χ1v) is 32.3. The van der Waals surface area contributed by atoms with Crippen molar-refractivity contribution in [1.82, 2.24) is 40.3 Å². The van der Waals surface area contributed by atoms with Gasteiger partial charge in [0.15, 0.2) is 0 Å². The van der Waals surface area contributed by atoms with Crippen molar-refractivity contribution >= 4 is 51.8 Å². The molecule has 9 atom stereocenters. The minimum Gasteiger partial charge on any atom is -0.464 e. The highest BCUT2D eigenvalue weighted by molar-refractivity contribution is 5.96. The summed E-state index contributed by atoms with van der Waals surface area (Å²) in [5.41, 5.74) is 12.6. The fourth-order valence-electron chi connectivity index (χ4n) is 16.2. The number of carbonyl (C=O) groups is 4. The number of rotatable bonds is 12. The number of esters is 1. The average molecular weight is 1130 g/mol. The van der Waals surface area contributed by atoms with Crippen LogP contribution in [0.3, 0.4) is 0 Å². The maximum absolute atomic E-state index is 15.3. The number of amides is 3. The van der Waals surface area contributed by atoms with E-state index in [1.165, 1.54) is 44.2 Å². The van der Waals surface area contributed by atoms with Crippen molar-refractivity contribution in [3.63, 3.8) is 0 Å². The van der Waals surface area contributed by atoms with E-state index < -0.39 is 17.5 Å². The highest BCUT2D eigenvalue weighted by Gasteiger charge is 2.85. The van der Waals surface area contributed by atoms with E-state index in [4.69, 9.17) is 14.5 Å². The van der Waals surface area contributed by atoms with Crippen LogP contribution < -0.4 is 21.0 Å². The van der Waals surface area contributed by atoms with Crippen LogP contribution in [-0.4, -0.2) is 176 Å². The number of allylic oxidation sites excluding steroid dienone is 2. The Labute approximate surface area is 488 Å². The number of benzene rings is 1. The summed E-state index contributed by atoms with van der Waals surface area (Å²) in [6, 6.07) is 7.78. The summed E-state index contributed by atoms with van der Waals surface area (Å²) < 4.78 is 12.4. The Bertz CT molecular complexity index is 2760. The Morgan fingerprint density at radius 3 is 2.44 bits per heavy atom. The number of hydrazine groups is 1. The number of fused-ring (bicyclic) bond motifs is 9. The summed E-state index contributed by atoms with van der Waals surface area (Å²) in [5.74, 6) is 2.00. The largest absolute Gasteiger partial charge is 0.464 e. The van der Waals surface area contributed by atoms with E-state index in [9.17, 15) is 9.59 Å². The van der Waals surface area contributed by atoms with Crippen LogP contribution in [0.1, 0.15) is 166 Å². The lowest BCUT2D eigenvalue weighted by Crippen LogP contribution is -2.64. The van der Waals surface area contributed by atoms with Gasteiger partial charge in [-0.2, -0.15) is 0 Å². The summed E-state index contributed by atoms with van der Waals surface area (Å²) in [5, 5.41) is 8.78. The number of anilines is 2. The van der Waals surface area contributed by atoms with Gasteiger partial charge in [0.2, 0.25) is 11.8 Å². The molecule has 0 spiro atoms. The number of aromatic nitrogens is 1. The summed E-state index contributed by atoms with van der Waals surface area (Å²) in [4.78, 5) is 76.3. The lowest BCUT2D eigenvalue weighted by molar-refractivity contribution is -0.155. The number of nitrogens with one attached hydrogen (secondary N) is 3. The molecule has 1 aromatic carbocycles. The maximum atomic E-state index is 15.3. The molecule has 7 heterocycles. The molecule has 4 saturated heterocycles. The van der Waals surface area contributed by atoms with Crippen LogP contribution in [0.4, 0.5) is 11.4 Å². The molecule has 4 aliphatic carbocycles. The third-order valence-corrected chi connectivity index (χ3v) is 21.1. The second kappa shape index (κ2) is 24.2. The number of carbonyl (C=O) groups excluding carboxylic acids is 4. The van der Waals surface area contributed by atoms with E-state index >= 15 is 9.59 Å². The van der Waals surface area contributed by atoms with E-state index in [0.717, 1.165) is 161 Å². The second-order valence-electron chi connectivity index (χ2n) is 27.3. The predicted molar refractivity (Wildman–Crippen MR) is 322 cm³/mol. The van der Waals surface area contributed by atoms with Gasteiger partial charge in [-0.15, -0.1) is 0 Å². The van der Waals surface area contributed by atoms with Crippen LogP contribution in [0.25, 0.3) is 16.7 Å². The van der Waals surface area contributed by atoms with Gasteiger partial charge in [-0.1, -0.05) is 45.3 Å². The standard InChI is InChI=1S/C66H96N10O6/c1-7-67-55-24-23-47-34-52(55)53(43(2)51-35-50(38-68-59(51)44(3)81-6)75-33-32-72-26-11-10-19-49(72)40-75)36-65(4,5)42-82-63(79)56-20-13-31-76(70-56)62(78)57(41-71-25-12-18-48(47)39-71)69-61(77)60(46-16-8-9-17-46)73-27-14-29-74(30-15-28-73)64(80)66-37-54(66)58(66)45-21-22-45/h18,23-24,34-35,38,44-46,49,54,56-58,60,67,70H,7-17,19-22,25-33,36-37,39-42H2,1-6H3,(H,69,77)/b53-43+/t44-,49+,54?,56-,57-,58-,60-,66?/m0/s1. The molecule has 8 fully saturated rings. The molecular formula is C66H96N10O6. The molecule has 82 heavy (non-hydrogen) atoms. The van der Waals surface area contributed by atoms with Gasteiger partial charge in [-0.05, 0) is 175 Å². The van der Waals surface area contributed by atoms with E-state index in [-0.39, 0.29) is 47.9 Å². The molecule has 3 unspecified atom stereocenters. The van der Waals surface area contributed by atoms with E-state index in [1.807, 2.05) is 0 Å². The number of piperazine rings is 1. The summed E-state index contributed by atoms with van der Waals surface area (Å²) in [6.45, 7) is 21.0. The number of methoxy groups -OCH3 is 1. The van der Waals surface area contributed by atoms with Crippen molar-refractivity contribution in [2.75, 3.05) is 109 Å². The minimum atomic E-state index is -0.856. The molecule has 446 valence electrons. The third-order valence-electron chi connectivity index (χ3n) is 21.1. The number of pyridine rings is 1. The molecule has 12 rings (SSSR count). The molecular weight excluding hydrogens is 1030 g/mol. The van der Waals surface area contributed by atoms with Gasteiger partial charge in [0.05, 0.1) is 41.7 Å². The van der Waals surface area contributed by atoms with Gasteiger partial charge >= 0.3 is 5.97 Å². The summed E-state index contributed by atoms with van der Waals surface area (Å²) in [6.07, 6.45) is 20.0. The first-order chi connectivity index (χ1) is 39.7. The number of hydrogen-bond donors (Lipinski definition) is 3. The van der Waals surface area contributed by atoms with Gasteiger partial charge in [0.1, 0.15) is 12.1 Å². The lowest BCUT2D eigenvalue weighted by atomic mass is 9.79. The van der Waals surface area contributed by atoms with Crippen molar-refractivity contribution in [2.45, 2.75) is 168 Å². The van der Waals surface area contributed by atoms with E-state index in [2.05, 4.69) is 112 Å². The number of piperidine rings is 1. The molecule has 3 amide bonds. The number of cyclic esters (lactones) is 1. The lowest BCUT2D eigenvalue weighted by Gasteiger charge is -2.45. The fraction of sp³-hybridized carbons (Fsp3) is 0.712. The topological polar surface area (TPSA) is 155 Å². The van der Waals surface area contributed by atoms with Gasteiger partial charge in [-0.3, -0.25) is 43.9 Å². The Hall–Kier alpha value is -4.87. The molecule has 16 nitrogen and oxygen atoms in total. The molecule has 6 aliphatic heterocycles. The normalized spacial score (nSPS) is 31.6. The van der Waals surface area contributed by atoms with E-state index in [0.29, 0.717) is 62.7 Å². The number of nitrogens with zero attached hydrogens (tertiary/aromatic N) is 7. The molecule has 6 bridgehead atoms. The van der Waals surface area contributed by atoms with Crippen molar-refractivity contribution < 1.29 is 28.7 Å². The van der Waals surface area contributed by atoms with Gasteiger partial charge in [0, 0.05) is 114 Å². The zero-order valence-electron chi connectivity index (χ0n) is 50.5. The Morgan fingerprint density at radius 1 is 0.890 bits per heavy atom. The first-order valence-electron chi connectivity index (χ1n) is 32.3. The van der Waals surface area contributed by atoms with Crippen LogP contribution in [0.5, 0.6) is 0 Å². The minimum absolute atomic E-state index is 0.0303. The van der Waals surface area contributed by atoms with Crippen LogP contribution in [0.2, 0.25) is 0 Å². The maximum Gasteiger partial charge on any atom is 0.324 e. The SMILES string of the molecule is CCNc1ccc2cc1/C(=C(\C)c1cc(N3CCN4CCCC[C@@H]4C3)cnc1[C@H](C)OC)CC(C)(C)COC(=O)[C@@H]1CCCN(N1)C(=O)[C@@H](NC(=O)[C@H](C1CCCC1)N1CCCN(C(=O)C34CC3[C@@H]4C3CC3)CCC1)CN1CCC=C2C1.